The third-order valence-electron chi connectivity index (χ3n) is 2.71. The van der Waals surface area contributed by atoms with E-state index >= 15 is 0 Å². The number of nitrogens with zero attached hydrogens (tertiary/aromatic N) is 1. The average molecular weight is 271 g/mol. The topological polar surface area (TPSA) is 17.0 Å². The highest BCUT2D eigenvalue weighted by atomic mass is 35.5. The van der Waals surface area contributed by atoms with E-state index in [9.17, 15) is 0 Å². The van der Waals surface area contributed by atoms with Gasteiger partial charge in [0.25, 0.3) is 0 Å². The molecular weight excluding hydrogens is 255 g/mol. The van der Waals surface area contributed by atoms with E-state index in [2.05, 4.69) is 29.9 Å². The summed E-state index contributed by atoms with van der Waals surface area (Å²) in [4.78, 5) is 0. The molecule has 0 amide bonds. The fourth-order valence-electron chi connectivity index (χ4n) is 1.89. The van der Waals surface area contributed by atoms with Crippen LogP contribution in [0.4, 0.5) is 0 Å². The first-order valence-electron chi connectivity index (χ1n) is 5.75. The van der Waals surface area contributed by atoms with E-state index in [4.69, 9.17) is 23.2 Å². The quantitative estimate of drug-likeness (QED) is 0.891. The maximum Gasteiger partial charge on any atom is 0.0514 e. The normalized spacial score (nSPS) is 11.6. The molecule has 0 radical (unpaired) electrons. The van der Waals surface area contributed by atoms with Crippen molar-refractivity contribution >= 4 is 34.1 Å². The Morgan fingerprint density at radius 3 is 2.76 bits per heavy atom. The highest BCUT2D eigenvalue weighted by Gasteiger charge is 2.06. The summed E-state index contributed by atoms with van der Waals surface area (Å²) in [6.45, 7) is 6.13. The smallest absolute Gasteiger partial charge is 0.0514 e. The average Bonchev–Trinajstić information content (AvgIpc) is 2.61. The molecule has 0 saturated carbocycles. The number of halogens is 2. The second-order valence-electron chi connectivity index (χ2n) is 4.44. The molecule has 0 aliphatic heterocycles. The van der Waals surface area contributed by atoms with Crippen molar-refractivity contribution in [3.8, 4) is 0 Å². The molecule has 4 heteroatoms. The Bertz CT molecular complexity index is 517. The number of nitrogens with one attached hydrogen (secondary N) is 1. The predicted octanol–water partition coefficient (Wildman–Crippen LogP) is 3.95. The first-order chi connectivity index (χ1) is 8.08. The number of benzene rings is 1. The van der Waals surface area contributed by atoms with E-state index < -0.39 is 0 Å². The van der Waals surface area contributed by atoms with Gasteiger partial charge in [-0.25, -0.2) is 0 Å². The van der Waals surface area contributed by atoms with Crippen molar-refractivity contribution < 1.29 is 0 Å². The molecule has 92 valence electrons. The van der Waals surface area contributed by atoms with Crippen LogP contribution in [0.15, 0.2) is 24.4 Å². The Balaban J connectivity index is 2.23. The maximum atomic E-state index is 6.15. The number of hydrogen-bond acceptors (Lipinski definition) is 1. The van der Waals surface area contributed by atoms with Crippen LogP contribution in [-0.4, -0.2) is 17.2 Å². The van der Waals surface area contributed by atoms with E-state index in [-0.39, 0.29) is 0 Å². The van der Waals surface area contributed by atoms with Crippen LogP contribution in [-0.2, 0) is 6.54 Å². The lowest BCUT2D eigenvalue weighted by atomic mass is 10.2. The molecule has 1 heterocycles. The third kappa shape index (κ3) is 2.95. The van der Waals surface area contributed by atoms with Gasteiger partial charge in [-0.2, -0.15) is 0 Å². The molecule has 0 aliphatic carbocycles. The largest absolute Gasteiger partial charge is 0.346 e. The zero-order valence-corrected chi connectivity index (χ0v) is 11.5. The van der Waals surface area contributed by atoms with Crippen molar-refractivity contribution in [3.63, 3.8) is 0 Å². The third-order valence-corrected chi connectivity index (χ3v) is 3.24. The summed E-state index contributed by atoms with van der Waals surface area (Å²) < 4.78 is 2.17. The lowest BCUT2D eigenvalue weighted by molar-refractivity contribution is 0.548. The van der Waals surface area contributed by atoms with Crippen LogP contribution in [0.5, 0.6) is 0 Å². The minimum Gasteiger partial charge on any atom is -0.346 e. The summed E-state index contributed by atoms with van der Waals surface area (Å²) in [7, 11) is 0. The van der Waals surface area contributed by atoms with Gasteiger partial charge in [0.05, 0.1) is 10.5 Å². The van der Waals surface area contributed by atoms with E-state index in [1.165, 1.54) is 0 Å². The van der Waals surface area contributed by atoms with Crippen LogP contribution in [0.3, 0.4) is 0 Å². The summed E-state index contributed by atoms with van der Waals surface area (Å²) in [6.07, 6.45) is 2.05. The second kappa shape index (κ2) is 5.30. The van der Waals surface area contributed by atoms with Gasteiger partial charge < -0.3 is 9.88 Å². The van der Waals surface area contributed by atoms with Crippen molar-refractivity contribution in [2.24, 2.45) is 0 Å². The van der Waals surface area contributed by atoms with Gasteiger partial charge >= 0.3 is 0 Å². The lowest BCUT2D eigenvalue weighted by Gasteiger charge is -2.10. The fourth-order valence-corrected chi connectivity index (χ4v) is 2.43. The second-order valence-corrected chi connectivity index (χ2v) is 5.28. The Hall–Kier alpha value is -0.700. The molecular formula is C13H16Cl2N2. The minimum absolute atomic E-state index is 0.504. The zero-order chi connectivity index (χ0) is 12.4. The summed E-state index contributed by atoms with van der Waals surface area (Å²) in [5.74, 6) is 0. The highest BCUT2D eigenvalue weighted by molar-refractivity contribution is 6.38. The van der Waals surface area contributed by atoms with E-state index in [0.717, 1.165) is 24.0 Å². The monoisotopic (exact) mass is 270 g/mol. The first-order valence-corrected chi connectivity index (χ1v) is 6.51. The van der Waals surface area contributed by atoms with E-state index in [1.807, 2.05) is 12.1 Å². The van der Waals surface area contributed by atoms with E-state index in [0.29, 0.717) is 16.1 Å². The molecule has 2 nitrogen and oxygen atoms in total. The zero-order valence-electron chi connectivity index (χ0n) is 10.0. The van der Waals surface area contributed by atoms with Gasteiger partial charge in [-0.15, -0.1) is 0 Å². The van der Waals surface area contributed by atoms with Crippen molar-refractivity contribution in [1.82, 2.24) is 9.88 Å². The molecule has 1 N–H and O–H groups in total. The predicted molar refractivity (Wildman–Crippen MR) is 75.1 cm³/mol. The number of rotatable bonds is 4. The fraction of sp³-hybridized carbons (Fsp3) is 0.385. The molecule has 0 spiro atoms. The molecule has 2 rings (SSSR count). The maximum absolute atomic E-state index is 6.15. The molecule has 0 aliphatic rings. The lowest BCUT2D eigenvalue weighted by Crippen LogP contribution is -2.26. The van der Waals surface area contributed by atoms with Gasteiger partial charge in [0, 0.05) is 35.7 Å². The Labute approximate surface area is 112 Å². The van der Waals surface area contributed by atoms with Gasteiger partial charge in [0.1, 0.15) is 0 Å². The van der Waals surface area contributed by atoms with Crippen LogP contribution in [0.1, 0.15) is 13.8 Å². The number of aromatic nitrogens is 1. The summed E-state index contributed by atoms with van der Waals surface area (Å²) in [5.41, 5.74) is 1.09. The minimum atomic E-state index is 0.504. The van der Waals surface area contributed by atoms with Crippen LogP contribution in [0.25, 0.3) is 10.9 Å². The van der Waals surface area contributed by atoms with Gasteiger partial charge in [-0.1, -0.05) is 37.0 Å². The highest BCUT2D eigenvalue weighted by Crippen LogP contribution is 2.28. The molecule has 1 aromatic heterocycles. The molecule has 2 aromatic rings. The molecule has 17 heavy (non-hydrogen) atoms. The van der Waals surface area contributed by atoms with Crippen molar-refractivity contribution in [1.29, 1.82) is 0 Å². The standard InChI is InChI=1S/C13H16Cl2N2/c1-9(2)16-4-6-17-5-3-11-12(15)7-10(14)8-13(11)17/h3,5,7-9,16H,4,6H2,1-2H3. The molecule has 1 aromatic carbocycles. The summed E-state index contributed by atoms with van der Waals surface area (Å²) in [6, 6.07) is 6.27. The van der Waals surface area contributed by atoms with Crippen LogP contribution < -0.4 is 5.32 Å². The van der Waals surface area contributed by atoms with Crippen molar-refractivity contribution in [2.75, 3.05) is 6.54 Å². The van der Waals surface area contributed by atoms with Gasteiger partial charge in [-0.3, -0.25) is 0 Å². The molecule has 0 atom stereocenters. The van der Waals surface area contributed by atoms with Crippen LogP contribution in [0.2, 0.25) is 10.0 Å². The number of fused-ring (bicyclic) bond motifs is 1. The Morgan fingerprint density at radius 2 is 2.06 bits per heavy atom. The first kappa shape index (κ1) is 12.7. The molecule has 0 fully saturated rings. The van der Waals surface area contributed by atoms with E-state index in [1.54, 1.807) is 6.07 Å². The van der Waals surface area contributed by atoms with Gasteiger partial charge in [0.2, 0.25) is 0 Å². The molecule has 0 bridgehead atoms. The summed E-state index contributed by atoms with van der Waals surface area (Å²) in [5, 5.41) is 5.84. The van der Waals surface area contributed by atoms with Crippen molar-refractivity contribution in [3.05, 3.63) is 34.4 Å². The molecule has 0 saturated heterocycles. The SMILES string of the molecule is CC(C)NCCn1ccc2c(Cl)cc(Cl)cc21. The Morgan fingerprint density at radius 1 is 1.29 bits per heavy atom. The Kier molecular flexibility index (Phi) is 3.97. The van der Waals surface area contributed by atoms with Gasteiger partial charge in [-0.05, 0) is 18.2 Å². The van der Waals surface area contributed by atoms with Gasteiger partial charge in [0.15, 0.2) is 0 Å². The van der Waals surface area contributed by atoms with Crippen LogP contribution in [0, 0.1) is 0 Å². The summed E-state index contributed by atoms with van der Waals surface area (Å²) >= 11 is 12.2. The number of hydrogen-bond donors (Lipinski definition) is 1. The van der Waals surface area contributed by atoms with Crippen molar-refractivity contribution in [2.45, 2.75) is 26.4 Å². The molecule has 0 unspecified atom stereocenters. The van der Waals surface area contributed by atoms with Crippen LogP contribution >= 0.6 is 23.2 Å².